The van der Waals surface area contributed by atoms with Crippen molar-refractivity contribution in [3.8, 4) is 5.75 Å². The Kier molecular flexibility index (Phi) is 4.07. The summed E-state index contributed by atoms with van der Waals surface area (Å²) < 4.78 is 10.0. The molecule has 0 unspecified atom stereocenters. The average molecular weight is 320 g/mol. The van der Waals surface area contributed by atoms with Gasteiger partial charge >= 0.3 is 5.97 Å². The average Bonchev–Trinajstić information content (AvgIpc) is 2.27. The molecule has 0 spiro atoms. The summed E-state index contributed by atoms with van der Waals surface area (Å²) in [7, 11) is 2.68. The van der Waals surface area contributed by atoms with Crippen LogP contribution >= 0.6 is 22.6 Å². The molecule has 15 heavy (non-hydrogen) atoms. The van der Waals surface area contributed by atoms with Crippen molar-refractivity contribution in [2.75, 3.05) is 14.2 Å². The highest BCUT2D eigenvalue weighted by molar-refractivity contribution is 14.1. The highest BCUT2D eigenvalue weighted by Crippen LogP contribution is 2.24. The topological polar surface area (TPSA) is 52.6 Å². The number of halogens is 1. The minimum absolute atomic E-state index is 0.293. The molecule has 0 fully saturated rings. The van der Waals surface area contributed by atoms with Gasteiger partial charge in [0.1, 0.15) is 5.75 Å². The Bertz CT molecular complexity index is 400. The van der Waals surface area contributed by atoms with Crippen molar-refractivity contribution in [2.24, 2.45) is 0 Å². The van der Waals surface area contributed by atoms with Crippen LogP contribution in [0.1, 0.15) is 10.4 Å². The van der Waals surface area contributed by atoms with E-state index < -0.39 is 11.8 Å². The normalized spacial score (nSPS) is 9.53. The Labute approximate surface area is 101 Å². The molecule has 5 heteroatoms. The number of hydrogen-bond acceptors (Lipinski definition) is 4. The van der Waals surface area contributed by atoms with Crippen molar-refractivity contribution < 1.29 is 19.1 Å². The van der Waals surface area contributed by atoms with Gasteiger partial charge in [-0.2, -0.15) is 0 Å². The molecule has 1 aromatic rings. The minimum Gasteiger partial charge on any atom is -0.496 e. The third-order valence-corrected chi connectivity index (χ3v) is 2.91. The van der Waals surface area contributed by atoms with E-state index in [9.17, 15) is 9.59 Å². The van der Waals surface area contributed by atoms with Crippen LogP contribution in [0.5, 0.6) is 5.75 Å². The first-order valence-electron chi connectivity index (χ1n) is 4.07. The predicted molar refractivity (Wildman–Crippen MR) is 62.1 cm³/mol. The lowest BCUT2D eigenvalue weighted by Crippen LogP contribution is -2.17. The van der Waals surface area contributed by atoms with Crippen LogP contribution in [0, 0.1) is 3.57 Å². The van der Waals surface area contributed by atoms with Crippen molar-refractivity contribution in [3.05, 3.63) is 27.3 Å². The van der Waals surface area contributed by atoms with E-state index in [1.54, 1.807) is 18.2 Å². The second-order valence-electron chi connectivity index (χ2n) is 2.64. The monoisotopic (exact) mass is 320 g/mol. The summed E-state index contributed by atoms with van der Waals surface area (Å²) in [6.07, 6.45) is 0. The van der Waals surface area contributed by atoms with Gasteiger partial charge in [-0.05, 0) is 34.7 Å². The number of Topliss-reactive ketones (excluding diaryl/α,β-unsaturated/α-hetero) is 1. The molecular formula is C10H9IO4. The van der Waals surface area contributed by atoms with E-state index >= 15 is 0 Å². The number of methoxy groups -OCH3 is 2. The van der Waals surface area contributed by atoms with E-state index in [0.717, 1.165) is 0 Å². The summed E-state index contributed by atoms with van der Waals surface area (Å²) >= 11 is 1.95. The lowest BCUT2D eigenvalue weighted by Gasteiger charge is -2.06. The van der Waals surface area contributed by atoms with Crippen LogP contribution in [0.25, 0.3) is 0 Å². The molecule has 0 saturated heterocycles. The van der Waals surface area contributed by atoms with Crippen LogP contribution < -0.4 is 4.74 Å². The van der Waals surface area contributed by atoms with Crippen molar-refractivity contribution in [2.45, 2.75) is 0 Å². The number of ether oxygens (including phenoxy) is 2. The van der Waals surface area contributed by atoms with Gasteiger partial charge in [0.15, 0.2) is 0 Å². The largest absolute Gasteiger partial charge is 0.496 e. The molecule has 0 amide bonds. The Hall–Kier alpha value is -1.11. The molecule has 80 valence electrons. The van der Waals surface area contributed by atoms with Gasteiger partial charge < -0.3 is 9.47 Å². The zero-order valence-corrected chi connectivity index (χ0v) is 10.4. The highest BCUT2D eigenvalue weighted by atomic mass is 127. The van der Waals surface area contributed by atoms with Crippen LogP contribution in [0.4, 0.5) is 0 Å². The molecule has 0 saturated carbocycles. The second-order valence-corrected chi connectivity index (χ2v) is 3.72. The number of rotatable bonds is 3. The maximum Gasteiger partial charge on any atom is 0.379 e. The number of esters is 1. The van der Waals surface area contributed by atoms with Crippen molar-refractivity contribution in [3.63, 3.8) is 0 Å². The summed E-state index contributed by atoms with van der Waals surface area (Å²) in [5, 5.41) is 0. The first-order chi connectivity index (χ1) is 7.11. The van der Waals surface area contributed by atoms with Crippen molar-refractivity contribution in [1.29, 1.82) is 0 Å². The number of ketones is 1. The molecule has 0 aliphatic carbocycles. The van der Waals surface area contributed by atoms with Gasteiger partial charge in [-0.1, -0.05) is 6.07 Å². The molecule has 0 aliphatic heterocycles. The van der Waals surface area contributed by atoms with Gasteiger partial charge in [-0.25, -0.2) is 4.79 Å². The summed E-state index contributed by atoms with van der Waals surface area (Å²) in [4.78, 5) is 22.6. The molecular weight excluding hydrogens is 311 g/mol. The van der Waals surface area contributed by atoms with Gasteiger partial charge in [-0.3, -0.25) is 4.79 Å². The van der Waals surface area contributed by atoms with E-state index in [1.807, 2.05) is 22.6 Å². The summed E-state index contributed by atoms with van der Waals surface area (Å²) in [5.74, 6) is -0.979. The molecule has 0 heterocycles. The minimum atomic E-state index is -0.874. The molecule has 4 nitrogen and oxygen atoms in total. The molecule has 0 aliphatic rings. The van der Waals surface area contributed by atoms with Crippen LogP contribution in [0.3, 0.4) is 0 Å². The van der Waals surface area contributed by atoms with E-state index in [0.29, 0.717) is 14.9 Å². The Morgan fingerprint density at radius 3 is 2.47 bits per heavy atom. The third kappa shape index (κ3) is 2.47. The van der Waals surface area contributed by atoms with E-state index in [2.05, 4.69) is 4.74 Å². The predicted octanol–water partition coefficient (Wildman–Crippen LogP) is 1.66. The van der Waals surface area contributed by atoms with E-state index in [1.165, 1.54) is 14.2 Å². The molecule has 0 aromatic heterocycles. The number of carbonyl (C=O) groups excluding carboxylic acids is 2. The van der Waals surface area contributed by atoms with Crippen LogP contribution in [-0.4, -0.2) is 26.0 Å². The SMILES string of the molecule is COC(=O)C(=O)c1cccc(OC)c1I. The maximum absolute atomic E-state index is 11.5. The second kappa shape index (κ2) is 5.11. The maximum atomic E-state index is 11.5. The quantitative estimate of drug-likeness (QED) is 0.368. The van der Waals surface area contributed by atoms with Gasteiger partial charge in [0, 0.05) is 5.56 Å². The van der Waals surface area contributed by atoms with Crippen LogP contribution in [0.2, 0.25) is 0 Å². The Morgan fingerprint density at radius 1 is 1.27 bits per heavy atom. The van der Waals surface area contributed by atoms with Gasteiger partial charge in [-0.15, -0.1) is 0 Å². The molecule has 0 atom stereocenters. The zero-order chi connectivity index (χ0) is 11.4. The molecule has 0 bridgehead atoms. The van der Waals surface area contributed by atoms with Gasteiger partial charge in [0.05, 0.1) is 17.8 Å². The fraction of sp³-hybridized carbons (Fsp3) is 0.200. The van der Waals surface area contributed by atoms with Crippen molar-refractivity contribution in [1.82, 2.24) is 0 Å². The summed E-state index contributed by atoms with van der Waals surface area (Å²) in [6.45, 7) is 0. The lowest BCUT2D eigenvalue weighted by molar-refractivity contribution is -0.135. The summed E-state index contributed by atoms with van der Waals surface area (Å²) in [5.41, 5.74) is 0.293. The zero-order valence-electron chi connectivity index (χ0n) is 8.24. The first-order valence-corrected chi connectivity index (χ1v) is 5.14. The van der Waals surface area contributed by atoms with Gasteiger partial charge in [0.2, 0.25) is 0 Å². The Balaban J connectivity index is 3.15. The first kappa shape index (κ1) is 12.0. The van der Waals surface area contributed by atoms with E-state index in [4.69, 9.17) is 4.74 Å². The summed E-state index contributed by atoms with van der Waals surface area (Å²) in [6, 6.07) is 4.93. The fourth-order valence-corrected chi connectivity index (χ4v) is 1.87. The molecule has 1 aromatic carbocycles. The number of carbonyl (C=O) groups is 2. The smallest absolute Gasteiger partial charge is 0.379 e. The van der Waals surface area contributed by atoms with E-state index in [-0.39, 0.29) is 0 Å². The van der Waals surface area contributed by atoms with Gasteiger partial charge in [0.25, 0.3) is 5.78 Å². The van der Waals surface area contributed by atoms with Crippen LogP contribution in [0.15, 0.2) is 18.2 Å². The molecule has 0 N–H and O–H groups in total. The number of hydrogen-bond donors (Lipinski definition) is 0. The highest BCUT2D eigenvalue weighted by Gasteiger charge is 2.20. The fourth-order valence-electron chi connectivity index (χ4n) is 1.05. The molecule has 0 radical (unpaired) electrons. The number of benzene rings is 1. The van der Waals surface area contributed by atoms with Crippen LogP contribution in [-0.2, 0) is 9.53 Å². The third-order valence-electron chi connectivity index (χ3n) is 1.80. The molecule has 1 rings (SSSR count). The Morgan fingerprint density at radius 2 is 1.93 bits per heavy atom. The standard InChI is InChI=1S/C10H9IO4/c1-14-7-5-3-4-6(8(7)11)9(12)10(13)15-2/h3-5H,1-2H3. The van der Waals surface area contributed by atoms with Crippen molar-refractivity contribution >= 4 is 34.3 Å². The lowest BCUT2D eigenvalue weighted by atomic mass is 10.1.